The molecule has 1 rings (SSSR count). The summed E-state index contributed by atoms with van der Waals surface area (Å²) < 4.78 is 18.7. The molecule has 0 radical (unpaired) electrons. The highest BCUT2D eigenvalue weighted by atomic mass is 19.1. The van der Waals surface area contributed by atoms with E-state index in [4.69, 9.17) is 10.00 Å². The second-order valence-electron chi connectivity index (χ2n) is 4.04. The highest BCUT2D eigenvalue weighted by Gasteiger charge is 2.05. The summed E-state index contributed by atoms with van der Waals surface area (Å²) in [4.78, 5) is 0. The maximum atomic E-state index is 13.2. The SMILES string of the molecule is CCCNCc1cc(F)ccc1OCCCC#N. The molecule has 0 bridgehead atoms. The number of hydrogen-bond acceptors (Lipinski definition) is 3. The zero-order valence-electron chi connectivity index (χ0n) is 10.7. The van der Waals surface area contributed by atoms with E-state index in [9.17, 15) is 4.39 Å². The van der Waals surface area contributed by atoms with Gasteiger partial charge in [-0.25, -0.2) is 4.39 Å². The third-order valence-corrected chi connectivity index (χ3v) is 2.46. The highest BCUT2D eigenvalue weighted by Crippen LogP contribution is 2.20. The van der Waals surface area contributed by atoms with E-state index >= 15 is 0 Å². The van der Waals surface area contributed by atoms with Crippen LogP contribution in [0.5, 0.6) is 5.75 Å². The summed E-state index contributed by atoms with van der Waals surface area (Å²) in [5, 5.41) is 11.7. The average Bonchev–Trinajstić information content (AvgIpc) is 2.37. The van der Waals surface area contributed by atoms with E-state index in [1.807, 2.05) is 0 Å². The molecule has 0 aliphatic carbocycles. The first-order valence-electron chi connectivity index (χ1n) is 6.26. The predicted molar refractivity (Wildman–Crippen MR) is 68.7 cm³/mol. The molecule has 0 atom stereocenters. The van der Waals surface area contributed by atoms with Gasteiger partial charge in [0.05, 0.1) is 12.7 Å². The Morgan fingerprint density at radius 1 is 1.44 bits per heavy atom. The molecular formula is C14H19FN2O. The summed E-state index contributed by atoms with van der Waals surface area (Å²) in [5.74, 6) is 0.436. The molecule has 18 heavy (non-hydrogen) atoms. The van der Waals surface area contributed by atoms with Crippen LogP contribution in [0.1, 0.15) is 31.7 Å². The normalized spacial score (nSPS) is 10.1. The van der Waals surface area contributed by atoms with Crippen molar-refractivity contribution in [2.75, 3.05) is 13.2 Å². The molecule has 1 aromatic carbocycles. The van der Waals surface area contributed by atoms with Crippen LogP contribution in [0, 0.1) is 17.1 Å². The van der Waals surface area contributed by atoms with E-state index < -0.39 is 0 Å². The van der Waals surface area contributed by atoms with Crippen LogP contribution in [0.4, 0.5) is 4.39 Å². The Balaban J connectivity index is 2.56. The largest absolute Gasteiger partial charge is 0.493 e. The van der Waals surface area contributed by atoms with Gasteiger partial charge in [0.25, 0.3) is 0 Å². The van der Waals surface area contributed by atoms with Crippen LogP contribution in [0.2, 0.25) is 0 Å². The summed E-state index contributed by atoms with van der Waals surface area (Å²) in [6.45, 7) is 4.06. The fraction of sp³-hybridized carbons (Fsp3) is 0.500. The van der Waals surface area contributed by atoms with Crippen molar-refractivity contribution < 1.29 is 9.13 Å². The van der Waals surface area contributed by atoms with Crippen molar-refractivity contribution in [1.82, 2.24) is 5.32 Å². The van der Waals surface area contributed by atoms with Crippen LogP contribution in [-0.4, -0.2) is 13.2 Å². The molecule has 0 fully saturated rings. The van der Waals surface area contributed by atoms with Crippen LogP contribution < -0.4 is 10.1 Å². The summed E-state index contributed by atoms with van der Waals surface area (Å²) in [5.41, 5.74) is 0.820. The quantitative estimate of drug-likeness (QED) is 0.721. The Morgan fingerprint density at radius 2 is 2.28 bits per heavy atom. The molecule has 3 nitrogen and oxygen atoms in total. The summed E-state index contributed by atoms with van der Waals surface area (Å²) in [6, 6.07) is 6.59. The number of halogens is 1. The number of hydrogen-bond donors (Lipinski definition) is 1. The molecule has 0 saturated heterocycles. The maximum absolute atomic E-state index is 13.2. The molecule has 98 valence electrons. The zero-order valence-corrected chi connectivity index (χ0v) is 10.7. The molecular weight excluding hydrogens is 231 g/mol. The first-order valence-corrected chi connectivity index (χ1v) is 6.26. The number of benzene rings is 1. The number of unbranched alkanes of at least 4 members (excludes halogenated alkanes) is 1. The first kappa shape index (κ1) is 14.5. The zero-order chi connectivity index (χ0) is 13.2. The molecule has 0 spiro atoms. The Labute approximate surface area is 108 Å². The lowest BCUT2D eigenvalue weighted by atomic mass is 10.2. The van der Waals surface area contributed by atoms with Gasteiger partial charge in [-0.1, -0.05) is 6.92 Å². The monoisotopic (exact) mass is 250 g/mol. The maximum Gasteiger partial charge on any atom is 0.123 e. The third kappa shape index (κ3) is 5.15. The van der Waals surface area contributed by atoms with E-state index in [1.165, 1.54) is 12.1 Å². The van der Waals surface area contributed by atoms with Gasteiger partial charge >= 0.3 is 0 Å². The van der Waals surface area contributed by atoms with Gasteiger partial charge in [-0.15, -0.1) is 0 Å². The molecule has 0 saturated carbocycles. The van der Waals surface area contributed by atoms with Gasteiger partial charge in [0.1, 0.15) is 11.6 Å². The van der Waals surface area contributed by atoms with Gasteiger partial charge in [-0.3, -0.25) is 0 Å². The minimum atomic E-state index is -0.257. The van der Waals surface area contributed by atoms with Gasteiger partial charge < -0.3 is 10.1 Å². The van der Waals surface area contributed by atoms with Gasteiger partial charge in [0.15, 0.2) is 0 Å². The van der Waals surface area contributed by atoms with Crippen molar-refractivity contribution >= 4 is 0 Å². The van der Waals surface area contributed by atoms with Crippen LogP contribution in [0.15, 0.2) is 18.2 Å². The topological polar surface area (TPSA) is 45.0 Å². The predicted octanol–water partition coefficient (Wildman–Crippen LogP) is 3.01. The van der Waals surface area contributed by atoms with Crippen molar-refractivity contribution in [2.24, 2.45) is 0 Å². The molecule has 4 heteroatoms. The lowest BCUT2D eigenvalue weighted by Gasteiger charge is -2.11. The Kier molecular flexibility index (Phi) is 6.82. The van der Waals surface area contributed by atoms with Gasteiger partial charge in [0, 0.05) is 18.5 Å². The van der Waals surface area contributed by atoms with Gasteiger partial charge in [-0.05, 0) is 37.6 Å². The average molecular weight is 250 g/mol. The van der Waals surface area contributed by atoms with Crippen molar-refractivity contribution in [3.05, 3.63) is 29.6 Å². The number of ether oxygens (including phenoxy) is 1. The van der Waals surface area contributed by atoms with Crippen molar-refractivity contribution in [3.8, 4) is 11.8 Å². The standard InChI is InChI=1S/C14H19FN2O/c1-2-8-17-11-12-10-13(15)5-6-14(12)18-9-4-3-7-16/h5-6,10,17H,2-4,8-9,11H2,1H3. The van der Waals surface area contributed by atoms with Crippen LogP contribution >= 0.6 is 0 Å². The molecule has 0 aliphatic heterocycles. The number of nitriles is 1. The summed E-state index contributed by atoms with van der Waals surface area (Å²) in [7, 11) is 0. The molecule has 1 N–H and O–H groups in total. The molecule has 0 aliphatic rings. The molecule has 0 heterocycles. The van der Waals surface area contributed by atoms with Crippen LogP contribution in [-0.2, 0) is 6.54 Å². The van der Waals surface area contributed by atoms with Crippen LogP contribution in [0.3, 0.4) is 0 Å². The molecule has 0 unspecified atom stereocenters. The van der Waals surface area contributed by atoms with Gasteiger partial charge in [-0.2, -0.15) is 5.26 Å². The number of nitrogens with one attached hydrogen (secondary N) is 1. The van der Waals surface area contributed by atoms with E-state index in [0.29, 0.717) is 31.7 Å². The van der Waals surface area contributed by atoms with Crippen molar-refractivity contribution in [3.63, 3.8) is 0 Å². The molecule has 0 amide bonds. The van der Waals surface area contributed by atoms with E-state index in [0.717, 1.165) is 18.5 Å². The van der Waals surface area contributed by atoms with Crippen LogP contribution in [0.25, 0.3) is 0 Å². The lowest BCUT2D eigenvalue weighted by Crippen LogP contribution is -2.15. The second kappa shape index (κ2) is 8.48. The molecule has 1 aromatic rings. The van der Waals surface area contributed by atoms with E-state index in [1.54, 1.807) is 6.07 Å². The summed E-state index contributed by atoms with van der Waals surface area (Å²) >= 11 is 0. The molecule has 0 aromatic heterocycles. The minimum Gasteiger partial charge on any atom is -0.493 e. The second-order valence-corrected chi connectivity index (χ2v) is 4.04. The fourth-order valence-corrected chi connectivity index (χ4v) is 1.56. The smallest absolute Gasteiger partial charge is 0.123 e. The van der Waals surface area contributed by atoms with Gasteiger partial charge in [0.2, 0.25) is 0 Å². The van der Waals surface area contributed by atoms with E-state index in [-0.39, 0.29) is 5.82 Å². The highest BCUT2D eigenvalue weighted by molar-refractivity contribution is 5.33. The third-order valence-electron chi connectivity index (χ3n) is 2.46. The Morgan fingerprint density at radius 3 is 3.00 bits per heavy atom. The Bertz CT molecular complexity index is 401. The number of rotatable bonds is 8. The minimum absolute atomic E-state index is 0.257. The van der Waals surface area contributed by atoms with Crippen molar-refractivity contribution in [2.45, 2.75) is 32.7 Å². The summed E-state index contributed by atoms with van der Waals surface area (Å²) in [6.07, 6.45) is 2.20. The fourth-order valence-electron chi connectivity index (χ4n) is 1.56. The van der Waals surface area contributed by atoms with E-state index in [2.05, 4.69) is 18.3 Å². The first-order chi connectivity index (χ1) is 8.77. The Hall–Kier alpha value is -1.60. The van der Waals surface area contributed by atoms with Crippen molar-refractivity contribution in [1.29, 1.82) is 5.26 Å². The number of nitrogens with zero attached hydrogens (tertiary/aromatic N) is 1. The lowest BCUT2D eigenvalue weighted by molar-refractivity contribution is 0.308.